The summed E-state index contributed by atoms with van der Waals surface area (Å²) in [4.78, 5) is 13.7. The smallest absolute Gasteiger partial charge is 0.220 e. The van der Waals surface area contributed by atoms with Gasteiger partial charge in [0.25, 0.3) is 0 Å². The van der Waals surface area contributed by atoms with Crippen LogP contribution >= 0.6 is 11.3 Å². The van der Waals surface area contributed by atoms with E-state index in [0.717, 1.165) is 22.6 Å². The Hall–Kier alpha value is -1.31. The molecule has 4 heteroatoms. The van der Waals surface area contributed by atoms with Gasteiger partial charge in [-0.1, -0.05) is 50.9 Å². The Kier molecular flexibility index (Phi) is 9.60. The SMILES string of the molecule is CCCCCCCCC(=O)NCc1ccc(C#CCO)s1. The van der Waals surface area contributed by atoms with Crippen LogP contribution in [0.4, 0.5) is 0 Å². The fraction of sp³-hybridized carbons (Fsp3) is 0.588. The van der Waals surface area contributed by atoms with Crippen LogP contribution in [0.5, 0.6) is 0 Å². The molecule has 0 bridgehead atoms. The zero-order chi connectivity index (χ0) is 15.3. The Labute approximate surface area is 131 Å². The van der Waals surface area contributed by atoms with E-state index < -0.39 is 0 Å². The Balaban J connectivity index is 2.13. The number of aliphatic hydroxyl groups excluding tert-OH is 1. The summed E-state index contributed by atoms with van der Waals surface area (Å²) in [6.07, 6.45) is 7.82. The lowest BCUT2D eigenvalue weighted by Gasteiger charge is -2.03. The third kappa shape index (κ3) is 8.54. The summed E-state index contributed by atoms with van der Waals surface area (Å²) >= 11 is 1.55. The molecule has 1 aromatic rings. The summed E-state index contributed by atoms with van der Waals surface area (Å²) in [7, 11) is 0. The lowest BCUT2D eigenvalue weighted by molar-refractivity contribution is -0.121. The van der Waals surface area contributed by atoms with Gasteiger partial charge in [0.05, 0.1) is 11.4 Å². The highest BCUT2D eigenvalue weighted by atomic mass is 32.1. The first-order valence-electron chi connectivity index (χ1n) is 7.71. The molecule has 0 fully saturated rings. The fourth-order valence-electron chi connectivity index (χ4n) is 2.01. The van der Waals surface area contributed by atoms with Crippen LogP contribution in [-0.4, -0.2) is 17.6 Å². The average Bonchev–Trinajstić information content (AvgIpc) is 2.94. The number of carbonyl (C=O) groups excluding carboxylic acids is 1. The number of carbonyl (C=O) groups is 1. The second-order valence-electron chi connectivity index (χ2n) is 5.02. The maximum absolute atomic E-state index is 11.7. The van der Waals surface area contributed by atoms with Gasteiger partial charge in [-0.25, -0.2) is 0 Å². The number of hydrogen-bond donors (Lipinski definition) is 2. The van der Waals surface area contributed by atoms with Gasteiger partial charge in [-0.15, -0.1) is 11.3 Å². The summed E-state index contributed by atoms with van der Waals surface area (Å²) < 4.78 is 0. The molecule has 0 saturated carbocycles. The summed E-state index contributed by atoms with van der Waals surface area (Å²) in [5, 5.41) is 11.6. The highest BCUT2D eigenvalue weighted by Gasteiger charge is 2.03. The van der Waals surface area contributed by atoms with Crippen molar-refractivity contribution < 1.29 is 9.90 Å². The van der Waals surface area contributed by atoms with Crippen LogP contribution in [0.15, 0.2) is 12.1 Å². The van der Waals surface area contributed by atoms with E-state index in [1.165, 1.54) is 25.7 Å². The monoisotopic (exact) mass is 307 g/mol. The average molecular weight is 307 g/mol. The second-order valence-corrected chi connectivity index (χ2v) is 6.19. The number of thiophene rings is 1. The van der Waals surface area contributed by atoms with E-state index >= 15 is 0 Å². The van der Waals surface area contributed by atoms with E-state index in [4.69, 9.17) is 5.11 Å². The van der Waals surface area contributed by atoms with Crippen LogP contribution in [0.1, 0.15) is 61.6 Å². The zero-order valence-electron chi connectivity index (χ0n) is 12.8. The lowest BCUT2D eigenvalue weighted by Crippen LogP contribution is -2.21. The maximum Gasteiger partial charge on any atom is 0.220 e. The Morgan fingerprint density at radius 3 is 2.76 bits per heavy atom. The van der Waals surface area contributed by atoms with Gasteiger partial charge >= 0.3 is 0 Å². The molecular formula is C17H25NO2S. The van der Waals surface area contributed by atoms with Gasteiger partial charge in [0, 0.05) is 11.3 Å². The number of amides is 1. The van der Waals surface area contributed by atoms with Gasteiger partial charge in [-0.05, 0) is 18.6 Å². The molecule has 0 aliphatic rings. The minimum Gasteiger partial charge on any atom is -0.384 e. The molecular weight excluding hydrogens is 282 g/mol. The first-order valence-corrected chi connectivity index (χ1v) is 8.53. The minimum absolute atomic E-state index is 0.123. The number of nitrogens with one attached hydrogen (secondary N) is 1. The molecule has 1 heterocycles. The predicted molar refractivity (Wildman–Crippen MR) is 88.1 cm³/mol. The van der Waals surface area contributed by atoms with Crippen molar-refractivity contribution in [3.8, 4) is 11.8 Å². The van der Waals surface area contributed by atoms with E-state index in [0.29, 0.717) is 13.0 Å². The van der Waals surface area contributed by atoms with Crippen molar-refractivity contribution in [1.82, 2.24) is 5.32 Å². The molecule has 0 aliphatic heterocycles. The van der Waals surface area contributed by atoms with E-state index in [1.54, 1.807) is 11.3 Å². The Morgan fingerprint density at radius 2 is 2.00 bits per heavy atom. The third-order valence-corrected chi connectivity index (χ3v) is 4.17. The minimum atomic E-state index is -0.123. The number of rotatable bonds is 9. The summed E-state index contributed by atoms with van der Waals surface area (Å²) in [6, 6.07) is 3.89. The van der Waals surface area contributed by atoms with E-state index in [-0.39, 0.29) is 12.5 Å². The quantitative estimate of drug-likeness (QED) is 0.542. The van der Waals surface area contributed by atoms with E-state index in [9.17, 15) is 4.79 Å². The molecule has 0 radical (unpaired) electrons. The molecule has 2 N–H and O–H groups in total. The molecule has 3 nitrogen and oxygen atoms in total. The van der Waals surface area contributed by atoms with Crippen LogP contribution in [0.2, 0.25) is 0 Å². The van der Waals surface area contributed by atoms with Crippen LogP contribution in [0.3, 0.4) is 0 Å². The van der Waals surface area contributed by atoms with Crippen molar-refractivity contribution in [1.29, 1.82) is 0 Å². The van der Waals surface area contributed by atoms with Crippen molar-refractivity contribution in [2.24, 2.45) is 0 Å². The largest absolute Gasteiger partial charge is 0.384 e. The van der Waals surface area contributed by atoms with E-state index in [1.807, 2.05) is 12.1 Å². The van der Waals surface area contributed by atoms with Crippen molar-refractivity contribution in [3.05, 3.63) is 21.9 Å². The molecule has 0 spiro atoms. The topological polar surface area (TPSA) is 49.3 Å². The number of aliphatic hydroxyl groups is 1. The van der Waals surface area contributed by atoms with Gasteiger partial charge in [0.2, 0.25) is 5.91 Å². The van der Waals surface area contributed by atoms with Crippen molar-refractivity contribution in [2.45, 2.75) is 58.4 Å². The van der Waals surface area contributed by atoms with Crippen molar-refractivity contribution >= 4 is 17.2 Å². The zero-order valence-corrected chi connectivity index (χ0v) is 13.6. The third-order valence-electron chi connectivity index (χ3n) is 3.17. The molecule has 0 aliphatic carbocycles. The van der Waals surface area contributed by atoms with Crippen LogP contribution < -0.4 is 5.32 Å². The molecule has 1 aromatic heterocycles. The molecule has 0 atom stereocenters. The molecule has 0 saturated heterocycles. The van der Waals surface area contributed by atoms with Crippen LogP contribution in [0, 0.1) is 11.8 Å². The molecule has 1 amide bonds. The summed E-state index contributed by atoms with van der Waals surface area (Å²) in [5.74, 6) is 5.61. The Morgan fingerprint density at radius 1 is 1.24 bits per heavy atom. The van der Waals surface area contributed by atoms with Crippen LogP contribution in [0.25, 0.3) is 0 Å². The van der Waals surface area contributed by atoms with Crippen molar-refractivity contribution in [2.75, 3.05) is 6.61 Å². The highest BCUT2D eigenvalue weighted by molar-refractivity contribution is 7.12. The highest BCUT2D eigenvalue weighted by Crippen LogP contribution is 2.15. The lowest BCUT2D eigenvalue weighted by atomic mass is 10.1. The van der Waals surface area contributed by atoms with Gasteiger partial charge in [0.1, 0.15) is 6.61 Å². The first kappa shape index (κ1) is 17.7. The molecule has 0 aromatic carbocycles. The maximum atomic E-state index is 11.7. The van der Waals surface area contributed by atoms with Gasteiger partial charge in [-0.3, -0.25) is 4.79 Å². The first-order chi connectivity index (χ1) is 10.3. The number of unbranched alkanes of at least 4 members (excludes halogenated alkanes) is 5. The van der Waals surface area contributed by atoms with Gasteiger partial charge in [0.15, 0.2) is 0 Å². The fourth-order valence-corrected chi connectivity index (χ4v) is 2.83. The Bertz CT molecular complexity index is 471. The molecule has 0 unspecified atom stereocenters. The van der Waals surface area contributed by atoms with Gasteiger partial charge < -0.3 is 10.4 Å². The molecule has 21 heavy (non-hydrogen) atoms. The van der Waals surface area contributed by atoms with Gasteiger partial charge in [-0.2, -0.15) is 0 Å². The summed E-state index contributed by atoms with van der Waals surface area (Å²) in [5.41, 5.74) is 0. The summed E-state index contributed by atoms with van der Waals surface area (Å²) in [6.45, 7) is 2.65. The number of hydrogen-bond acceptors (Lipinski definition) is 3. The standard InChI is InChI=1S/C17H25NO2S/c1-2-3-4-5-6-7-10-17(20)18-14-16-12-11-15(21-16)9-8-13-19/h11-12,19H,2-7,10,13-14H2,1H3,(H,18,20). The normalized spacial score (nSPS) is 10.0. The van der Waals surface area contributed by atoms with E-state index in [2.05, 4.69) is 24.1 Å². The molecule has 116 valence electrons. The van der Waals surface area contributed by atoms with Crippen molar-refractivity contribution in [3.63, 3.8) is 0 Å². The predicted octanol–water partition coefficient (Wildman–Crippen LogP) is 3.46. The molecule has 1 rings (SSSR count). The van der Waals surface area contributed by atoms with Crippen LogP contribution in [-0.2, 0) is 11.3 Å². The second kappa shape index (κ2) is 11.4.